The van der Waals surface area contributed by atoms with Gasteiger partial charge < -0.3 is 19.5 Å². The molecule has 6 nitrogen and oxygen atoms in total. The van der Waals surface area contributed by atoms with Gasteiger partial charge in [-0.05, 0) is 52.4 Å². The predicted molar refractivity (Wildman–Crippen MR) is 108 cm³/mol. The maximum atomic E-state index is 13.2. The first-order valence-electron chi connectivity index (χ1n) is 10.0. The van der Waals surface area contributed by atoms with E-state index in [1.54, 1.807) is 0 Å². The largest absolute Gasteiger partial charge is 0.461 e. The number of amides is 1. The second-order valence-corrected chi connectivity index (χ2v) is 8.67. The number of esters is 1. The summed E-state index contributed by atoms with van der Waals surface area (Å²) in [6.07, 6.45) is 2.08. The molecule has 1 amide bonds. The molecular formula is C22H29N3O3. The Morgan fingerprint density at radius 3 is 2.68 bits per heavy atom. The monoisotopic (exact) mass is 383 g/mol. The van der Waals surface area contributed by atoms with Crippen LogP contribution in [0.4, 0.5) is 0 Å². The number of rotatable bonds is 3. The molecule has 1 aromatic heterocycles. The molecule has 2 aromatic rings. The summed E-state index contributed by atoms with van der Waals surface area (Å²) >= 11 is 0. The van der Waals surface area contributed by atoms with Crippen LogP contribution in [0.15, 0.2) is 18.2 Å². The molecule has 0 aliphatic carbocycles. The number of benzene rings is 1. The third-order valence-corrected chi connectivity index (χ3v) is 6.48. The van der Waals surface area contributed by atoms with Gasteiger partial charge in [-0.15, -0.1) is 0 Å². The highest BCUT2D eigenvalue weighted by Gasteiger charge is 2.50. The lowest BCUT2D eigenvalue weighted by atomic mass is 9.76. The molecule has 1 atom stereocenters. The Kier molecular flexibility index (Phi) is 4.70. The lowest BCUT2D eigenvalue weighted by Crippen LogP contribution is -2.45. The van der Waals surface area contributed by atoms with Crippen molar-refractivity contribution in [1.82, 2.24) is 14.8 Å². The summed E-state index contributed by atoms with van der Waals surface area (Å²) in [5.41, 5.74) is 3.48. The molecule has 1 spiro atoms. The second-order valence-electron chi connectivity index (χ2n) is 8.67. The van der Waals surface area contributed by atoms with Crippen molar-refractivity contribution in [2.75, 3.05) is 33.7 Å². The summed E-state index contributed by atoms with van der Waals surface area (Å²) in [4.78, 5) is 33.1. The van der Waals surface area contributed by atoms with Gasteiger partial charge in [0.25, 0.3) is 5.91 Å². The van der Waals surface area contributed by atoms with Crippen molar-refractivity contribution < 1.29 is 14.3 Å². The first-order valence-corrected chi connectivity index (χ1v) is 10.0. The van der Waals surface area contributed by atoms with Crippen LogP contribution < -0.4 is 0 Å². The van der Waals surface area contributed by atoms with E-state index in [9.17, 15) is 9.59 Å². The molecule has 4 rings (SSSR count). The molecule has 1 unspecified atom stereocenters. The molecule has 2 fully saturated rings. The zero-order valence-electron chi connectivity index (χ0n) is 17.2. The normalized spacial score (nSPS) is 21.7. The van der Waals surface area contributed by atoms with Crippen LogP contribution in [-0.2, 0) is 9.53 Å². The van der Waals surface area contributed by atoms with E-state index in [2.05, 4.69) is 22.9 Å². The number of piperidine rings is 1. The van der Waals surface area contributed by atoms with Crippen LogP contribution in [0.25, 0.3) is 10.9 Å². The highest BCUT2D eigenvalue weighted by molar-refractivity contribution is 6.06. The van der Waals surface area contributed by atoms with E-state index in [1.807, 2.05) is 38.1 Å². The molecule has 0 saturated carbocycles. The fraction of sp³-hybridized carbons (Fsp3) is 0.545. The summed E-state index contributed by atoms with van der Waals surface area (Å²) in [6.45, 7) is 6.05. The molecule has 28 heavy (non-hydrogen) atoms. The Morgan fingerprint density at radius 1 is 1.29 bits per heavy atom. The van der Waals surface area contributed by atoms with Crippen LogP contribution in [0.1, 0.15) is 40.9 Å². The molecular weight excluding hydrogens is 354 g/mol. The number of aromatic nitrogens is 1. The average Bonchev–Trinajstić information content (AvgIpc) is 3.11. The van der Waals surface area contributed by atoms with Gasteiger partial charge in [-0.2, -0.15) is 0 Å². The third kappa shape index (κ3) is 3.09. The van der Waals surface area contributed by atoms with E-state index in [-0.39, 0.29) is 18.0 Å². The lowest BCUT2D eigenvalue weighted by Gasteiger charge is -2.36. The molecule has 0 radical (unpaired) electrons. The van der Waals surface area contributed by atoms with Gasteiger partial charge in [-0.25, -0.2) is 0 Å². The molecule has 2 aliphatic rings. The minimum absolute atomic E-state index is 0.0385. The Bertz CT molecular complexity index is 922. The number of hydrogen-bond acceptors (Lipinski definition) is 4. The smallest absolute Gasteiger partial charge is 0.312 e. The SMILES string of the molecule is Cc1[nH]c2c(C(=O)N3CCC4(CC3)CC(CN(C)C)OC4=O)cccc2c1C. The molecule has 2 aliphatic heterocycles. The van der Waals surface area contributed by atoms with Gasteiger partial charge in [0, 0.05) is 37.1 Å². The summed E-state index contributed by atoms with van der Waals surface area (Å²) in [7, 11) is 3.98. The zero-order chi connectivity index (χ0) is 20.1. The van der Waals surface area contributed by atoms with Crippen LogP contribution in [-0.4, -0.2) is 66.5 Å². The van der Waals surface area contributed by atoms with Crippen molar-refractivity contribution in [3.8, 4) is 0 Å². The fourth-order valence-corrected chi connectivity index (χ4v) is 4.72. The number of para-hydroxylation sites is 1. The third-order valence-electron chi connectivity index (χ3n) is 6.48. The van der Waals surface area contributed by atoms with Gasteiger partial charge in [0.2, 0.25) is 0 Å². The Labute approximate surface area is 165 Å². The number of carbonyl (C=O) groups excluding carboxylic acids is 2. The quantitative estimate of drug-likeness (QED) is 0.828. The number of cyclic esters (lactones) is 1. The highest BCUT2D eigenvalue weighted by atomic mass is 16.6. The van der Waals surface area contributed by atoms with E-state index < -0.39 is 5.41 Å². The number of aryl methyl sites for hydroxylation is 2. The maximum Gasteiger partial charge on any atom is 0.312 e. The Balaban J connectivity index is 1.50. The summed E-state index contributed by atoms with van der Waals surface area (Å²) < 4.78 is 5.63. The van der Waals surface area contributed by atoms with E-state index in [4.69, 9.17) is 4.74 Å². The van der Waals surface area contributed by atoms with Gasteiger partial charge >= 0.3 is 5.97 Å². The summed E-state index contributed by atoms with van der Waals surface area (Å²) in [5, 5.41) is 1.10. The molecule has 3 heterocycles. The van der Waals surface area contributed by atoms with Gasteiger partial charge in [0.15, 0.2) is 0 Å². The number of nitrogens with one attached hydrogen (secondary N) is 1. The lowest BCUT2D eigenvalue weighted by molar-refractivity contribution is -0.150. The molecule has 0 bridgehead atoms. The van der Waals surface area contributed by atoms with Crippen molar-refractivity contribution in [2.24, 2.45) is 5.41 Å². The Hall–Kier alpha value is -2.34. The van der Waals surface area contributed by atoms with Crippen molar-refractivity contribution in [1.29, 1.82) is 0 Å². The summed E-state index contributed by atoms with van der Waals surface area (Å²) in [5.74, 6) is -0.0397. The minimum Gasteiger partial charge on any atom is -0.461 e. The van der Waals surface area contributed by atoms with Gasteiger partial charge in [-0.1, -0.05) is 12.1 Å². The predicted octanol–water partition coefficient (Wildman–Crippen LogP) is 2.88. The number of hydrogen-bond donors (Lipinski definition) is 1. The van der Waals surface area contributed by atoms with Crippen molar-refractivity contribution >= 4 is 22.8 Å². The molecule has 6 heteroatoms. The molecule has 1 aromatic carbocycles. The first-order chi connectivity index (χ1) is 13.3. The average molecular weight is 383 g/mol. The number of fused-ring (bicyclic) bond motifs is 1. The number of H-pyrrole nitrogens is 1. The maximum absolute atomic E-state index is 13.2. The molecule has 1 N–H and O–H groups in total. The van der Waals surface area contributed by atoms with Crippen LogP contribution in [0.2, 0.25) is 0 Å². The fourth-order valence-electron chi connectivity index (χ4n) is 4.72. The number of likely N-dealkylation sites (tertiary alicyclic amines) is 1. The van der Waals surface area contributed by atoms with Gasteiger partial charge in [0.1, 0.15) is 6.10 Å². The van der Waals surface area contributed by atoms with Crippen LogP contribution in [0.5, 0.6) is 0 Å². The van der Waals surface area contributed by atoms with Gasteiger partial charge in [-0.3, -0.25) is 9.59 Å². The number of likely N-dealkylation sites (N-methyl/N-ethyl adjacent to an activating group) is 1. The van der Waals surface area contributed by atoms with Gasteiger partial charge in [0.05, 0.1) is 16.5 Å². The molecule has 150 valence electrons. The second kappa shape index (κ2) is 6.92. The summed E-state index contributed by atoms with van der Waals surface area (Å²) in [6, 6.07) is 5.89. The minimum atomic E-state index is -0.414. The number of ether oxygens (including phenoxy) is 1. The molecule has 2 saturated heterocycles. The number of carbonyl (C=O) groups is 2. The number of nitrogens with zero attached hydrogens (tertiary/aromatic N) is 2. The zero-order valence-corrected chi connectivity index (χ0v) is 17.2. The van der Waals surface area contributed by atoms with Crippen LogP contribution in [0, 0.1) is 19.3 Å². The first kappa shape index (κ1) is 19.0. The van der Waals surface area contributed by atoms with Crippen molar-refractivity contribution in [3.05, 3.63) is 35.0 Å². The standard InChI is InChI=1S/C22H29N3O3/c1-14-15(2)23-19-17(14)6-5-7-18(19)20(26)25-10-8-22(9-11-25)12-16(13-24(3)4)28-21(22)27/h5-7,16,23H,8-13H2,1-4H3. The highest BCUT2D eigenvalue weighted by Crippen LogP contribution is 2.43. The Morgan fingerprint density at radius 2 is 2.00 bits per heavy atom. The van der Waals surface area contributed by atoms with Crippen molar-refractivity contribution in [3.63, 3.8) is 0 Å². The topological polar surface area (TPSA) is 65.6 Å². The van der Waals surface area contributed by atoms with Crippen LogP contribution >= 0.6 is 0 Å². The van der Waals surface area contributed by atoms with E-state index in [0.717, 1.165) is 29.6 Å². The van der Waals surface area contributed by atoms with Crippen LogP contribution in [0.3, 0.4) is 0 Å². The van der Waals surface area contributed by atoms with E-state index in [1.165, 1.54) is 5.56 Å². The van der Waals surface area contributed by atoms with E-state index >= 15 is 0 Å². The van der Waals surface area contributed by atoms with E-state index in [0.29, 0.717) is 31.5 Å². The number of aromatic amines is 1. The van der Waals surface area contributed by atoms with Crippen molar-refractivity contribution in [2.45, 2.75) is 39.2 Å².